The lowest BCUT2D eigenvalue weighted by atomic mass is 9.59. The van der Waals surface area contributed by atoms with E-state index in [1.807, 2.05) is 18.3 Å². The summed E-state index contributed by atoms with van der Waals surface area (Å²) in [5.74, 6) is 2.57. The molecule has 7 rings (SSSR count). The summed E-state index contributed by atoms with van der Waals surface area (Å²) in [6, 6.07) is 15.2. The average Bonchev–Trinajstić information content (AvgIpc) is 3.53. The van der Waals surface area contributed by atoms with Crippen molar-refractivity contribution in [3.63, 3.8) is 0 Å². The van der Waals surface area contributed by atoms with Crippen molar-refractivity contribution in [3.8, 4) is 0 Å². The summed E-state index contributed by atoms with van der Waals surface area (Å²) in [6.07, 6.45) is 11.7. The first-order chi connectivity index (χ1) is 18.2. The van der Waals surface area contributed by atoms with Crippen LogP contribution in [0.25, 0.3) is 0 Å². The Labute approximate surface area is 222 Å². The van der Waals surface area contributed by atoms with E-state index in [2.05, 4.69) is 63.8 Å². The Bertz CT molecular complexity index is 1300. The molecule has 2 N–H and O–H groups in total. The first kappa shape index (κ1) is 23.3. The van der Waals surface area contributed by atoms with E-state index in [0.717, 1.165) is 43.1 Å². The van der Waals surface area contributed by atoms with Gasteiger partial charge in [0.2, 0.25) is 5.91 Å². The van der Waals surface area contributed by atoms with Gasteiger partial charge in [0.1, 0.15) is 0 Å². The lowest BCUT2D eigenvalue weighted by Gasteiger charge is -2.46. The van der Waals surface area contributed by atoms with Crippen molar-refractivity contribution in [2.45, 2.75) is 36.2 Å². The number of carbonyl (C=O) groups is 1. The predicted molar refractivity (Wildman–Crippen MR) is 146 cm³/mol. The number of rotatable bonds is 6. The molecule has 3 aliphatic carbocycles. The van der Waals surface area contributed by atoms with Crippen LogP contribution in [0.1, 0.15) is 29.9 Å². The van der Waals surface area contributed by atoms with E-state index in [1.54, 1.807) is 11.8 Å². The Hall–Kier alpha value is -2.83. The van der Waals surface area contributed by atoms with Crippen molar-refractivity contribution < 1.29 is 9.90 Å². The average molecular weight is 512 g/mol. The SMILES string of the molecule is O=C1NCC2C1C1c3ccccc3CC1C1C2C2=CCC(CSc3ccccn3)=CC=C2N1CCCO. The molecule has 0 spiro atoms. The number of nitrogens with one attached hydrogen (secondary N) is 1. The van der Waals surface area contributed by atoms with Gasteiger partial charge in [0.15, 0.2) is 0 Å². The minimum absolute atomic E-state index is 0.0465. The van der Waals surface area contributed by atoms with E-state index in [9.17, 15) is 9.90 Å². The molecule has 1 saturated carbocycles. The molecule has 0 bridgehead atoms. The van der Waals surface area contributed by atoms with Crippen LogP contribution >= 0.6 is 11.8 Å². The quantitative estimate of drug-likeness (QED) is 0.566. The number of hydrogen-bond donors (Lipinski definition) is 2. The molecule has 2 saturated heterocycles. The van der Waals surface area contributed by atoms with Crippen LogP contribution in [-0.2, 0) is 11.2 Å². The smallest absolute Gasteiger partial charge is 0.224 e. The number of aliphatic hydroxyl groups excluding tert-OH is 1. The number of allylic oxidation sites excluding steroid dienone is 4. The number of likely N-dealkylation sites (tertiary alicyclic amines) is 1. The van der Waals surface area contributed by atoms with Crippen LogP contribution in [-0.4, -0.2) is 52.4 Å². The van der Waals surface area contributed by atoms with Gasteiger partial charge >= 0.3 is 0 Å². The second-order valence-corrected chi connectivity index (χ2v) is 12.0. The Morgan fingerprint density at radius 3 is 2.81 bits per heavy atom. The highest BCUT2D eigenvalue weighted by Gasteiger charge is 2.62. The fraction of sp³-hybridized carbons (Fsp3) is 0.419. The largest absolute Gasteiger partial charge is 0.396 e. The van der Waals surface area contributed by atoms with Crippen molar-refractivity contribution in [1.29, 1.82) is 0 Å². The van der Waals surface area contributed by atoms with Gasteiger partial charge in [-0.25, -0.2) is 4.98 Å². The normalized spacial score (nSPS) is 31.2. The number of benzene rings is 1. The molecule has 0 radical (unpaired) electrons. The molecule has 6 heteroatoms. The number of carbonyl (C=O) groups excluding carboxylic acids is 1. The summed E-state index contributed by atoms with van der Waals surface area (Å²) in [5, 5.41) is 14.1. The number of nitrogens with zero attached hydrogens (tertiary/aromatic N) is 2. The van der Waals surface area contributed by atoms with E-state index in [0.29, 0.717) is 23.8 Å². The van der Waals surface area contributed by atoms with Gasteiger partial charge in [0.05, 0.1) is 10.9 Å². The molecule has 6 unspecified atom stereocenters. The van der Waals surface area contributed by atoms with E-state index >= 15 is 0 Å². The van der Waals surface area contributed by atoms with Crippen LogP contribution in [0.15, 0.2) is 88.8 Å². The van der Waals surface area contributed by atoms with Gasteiger partial charge in [-0.1, -0.05) is 48.1 Å². The zero-order valence-electron chi connectivity index (χ0n) is 20.9. The van der Waals surface area contributed by atoms with Crippen molar-refractivity contribution in [2.75, 3.05) is 25.4 Å². The molecule has 2 aliphatic heterocycles. The van der Waals surface area contributed by atoms with E-state index in [1.165, 1.54) is 28.0 Å². The standard InChI is InChI=1S/C31H33N3O2S/c35-15-5-14-34-25-12-10-19(18-37-26-8-3-4-13-32-26)9-11-22(25)28-24-17-33-31(36)29(24)27-21-7-2-1-6-20(21)16-23(27)30(28)34/h1-4,6-8,10-13,23-24,27-30,35H,5,9,14-18H2,(H,33,36). The second-order valence-electron chi connectivity index (χ2n) is 11.0. The van der Waals surface area contributed by atoms with Crippen LogP contribution in [0.4, 0.5) is 0 Å². The van der Waals surface area contributed by atoms with Crippen molar-refractivity contribution >= 4 is 17.7 Å². The maximum Gasteiger partial charge on any atom is 0.224 e. The molecule has 3 fully saturated rings. The van der Waals surface area contributed by atoms with Crippen molar-refractivity contribution in [1.82, 2.24) is 15.2 Å². The van der Waals surface area contributed by atoms with Gasteiger partial charge in [-0.3, -0.25) is 4.79 Å². The van der Waals surface area contributed by atoms with Gasteiger partial charge < -0.3 is 15.3 Å². The molecule has 1 amide bonds. The summed E-state index contributed by atoms with van der Waals surface area (Å²) in [7, 11) is 0. The number of fused-ring (bicyclic) bond motifs is 10. The highest BCUT2D eigenvalue weighted by atomic mass is 32.2. The molecule has 37 heavy (non-hydrogen) atoms. The lowest BCUT2D eigenvalue weighted by Crippen LogP contribution is -2.51. The molecule has 5 nitrogen and oxygen atoms in total. The summed E-state index contributed by atoms with van der Waals surface area (Å²) >= 11 is 1.78. The van der Waals surface area contributed by atoms with Gasteiger partial charge in [0, 0.05) is 55.2 Å². The number of amides is 1. The fourth-order valence-electron chi connectivity index (χ4n) is 7.90. The number of aliphatic hydroxyl groups is 1. The van der Waals surface area contributed by atoms with Crippen LogP contribution in [0, 0.1) is 23.7 Å². The molecule has 1 aromatic carbocycles. The first-order valence-electron chi connectivity index (χ1n) is 13.6. The highest BCUT2D eigenvalue weighted by Crippen LogP contribution is 2.61. The van der Waals surface area contributed by atoms with Crippen LogP contribution in [0.5, 0.6) is 0 Å². The van der Waals surface area contributed by atoms with E-state index in [-0.39, 0.29) is 24.3 Å². The summed E-state index contributed by atoms with van der Waals surface area (Å²) < 4.78 is 0. The molecule has 190 valence electrons. The molecular formula is C31H33N3O2S. The van der Waals surface area contributed by atoms with Gasteiger partial charge in [-0.2, -0.15) is 0 Å². The zero-order valence-corrected chi connectivity index (χ0v) is 21.7. The Morgan fingerprint density at radius 2 is 1.95 bits per heavy atom. The maximum atomic E-state index is 13.3. The van der Waals surface area contributed by atoms with Crippen molar-refractivity contribution in [2.24, 2.45) is 23.7 Å². The van der Waals surface area contributed by atoms with Gasteiger partial charge in [0.25, 0.3) is 0 Å². The van der Waals surface area contributed by atoms with E-state index < -0.39 is 0 Å². The zero-order chi connectivity index (χ0) is 24.9. The number of pyridine rings is 1. The van der Waals surface area contributed by atoms with Crippen LogP contribution < -0.4 is 5.32 Å². The van der Waals surface area contributed by atoms with E-state index in [4.69, 9.17) is 0 Å². The fourth-order valence-corrected chi connectivity index (χ4v) is 8.76. The number of hydrogen-bond acceptors (Lipinski definition) is 5. The summed E-state index contributed by atoms with van der Waals surface area (Å²) in [5.41, 5.74) is 6.95. The Morgan fingerprint density at radius 1 is 1.05 bits per heavy atom. The molecule has 3 heterocycles. The van der Waals surface area contributed by atoms with Crippen LogP contribution in [0.3, 0.4) is 0 Å². The number of aromatic nitrogens is 1. The third kappa shape index (κ3) is 3.79. The summed E-state index contributed by atoms with van der Waals surface area (Å²) in [6.45, 7) is 1.82. The van der Waals surface area contributed by atoms with Crippen LogP contribution in [0.2, 0.25) is 0 Å². The Kier molecular flexibility index (Phi) is 5.97. The lowest BCUT2D eigenvalue weighted by molar-refractivity contribution is -0.125. The van der Waals surface area contributed by atoms with Crippen molar-refractivity contribution in [3.05, 3.63) is 94.9 Å². The second kappa shape index (κ2) is 9.48. The van der Waals surface area contributed by atoms with Gasteiger partial charge in [-0.05, 0) is 66.0 Å². The maximum absolute atomic E-state index is 13.3. The topological polar surface area (TPSA) is 65.5 Å². The van der Waals surface area contributed by atoms with Gasteiger partial charge in [-0.15, -0.1) is 11.8 Å². The minimum Gasteiger partial charge on any atom is -0.396 e. The third-order valence-corrected chi connectivity index (χ3v) is 10.3. The molecule has 6 atom stereocenters. The molecule has 1 aromatic heterocycles. The third-order valence-electron chi connectivity index (χ3n) is 9.25. The highest BCUT2D eigenvalue weighted by molar-refractivity contribution is 7.99. The number of thioether (sulfide) groups is 1. The Balaban J connectivity index is 1.26. The monoisotopic (exact) mass is 511 g/mol. The predicted octanol–water partition coefficient (Wildman–Crippen LogP) is 4.33. The molecule has 2 aromatic rings. The molecular weight excluding hydrogens is 478 g/mol. The molecule has 5 aliphatic rings. The summed E-state index contributed by atoms with van der Waals surface area (Å²) in [4.78, 5) is 20.4. The first-order valence-corrected chi connectivity index (χ1v) is 14.6. The minimum atomic E-state index is 0.0465.